The maximum absolute atomic E-state index is 10.6. The summed E-state index contributed by atoms with van der Waals surface area (Å²) in [6, 6.07) is 5.48. The normalized spacial score (nSPS) is 10.9. The standard InChI is InChI=1S/C14H18ClNO3/c1-3-19-10-9-16(2)13-6-4-5-12(15)11(13)7-8-14(17)18/h4-8H,3,9-10H2,1-2H3,(H,17,18)/b8-7+. The second kappa shape index (κ2) is 7.81. The van der Waals surface area contributed by atoms with Gasteiger partial charge in [-0.3, -0.25) is 0 Å². The Morgan fingerprint density at radius 3 is 2.89 bits per heavy atom. The molecule has 0 unspecified atom stereocenters. The summed E-state index contributed by atoms with van der Waals surface area (Å²) in [6.07, 6.45) is 2.60. The Labute approximate surface area is 118 Å². The van der Waals surface area contributed by atoms with E-state index in [-0.39, 0.29) is 0 Å². The van der Waals surface area contributed by atoms with Gasteiger partial charge in [-0.2, -0.15) is 0 Å². The fourth-order valence-corrected chi connectivity index (χ4v) is 1.88. The van der Waals surface area contributed by atoms with Crippen LogP contribution in [-0.2, 0) is 9.53 Å². The van der Waals surface area contributed by atoms with E-state index in [4.69, 9.17) is 21.4 Å². The van der Waals surface area contributed by atoms with E-state index in [0.29, 0.717) is 30.3 Å². The zero-order chi connectivity index (χ0) is 14.3. The lowest BCUT2D eigenvalue weighted by Crippen LogP contribution is -2.23. The van der Waals surface area contributed by atoms with Crippen molar-refractivity contribution in [3.8, 4) is 0 Å². The molecule has 0 saturated heterocycles. The molecule has 0 aliphatic heterocycles. The maximum atomic E-state index is 10.6. The van der Waals surface area contributed by atoms with Gasteiger partial charge in [-0.25, -0.2) is 4.79 Å². The zero-order valence-electron chi connectivity index (χ0n) is 11.1. The molecule has 0 aliphatic carbocycles. The summed E-state index contributed by atoms with van der Waals surface area (Å²) in [5.41, 5.74) is 1.58. The van der Waals surface area contributed by atoms with Gasteiger partial charge in [0, 0.05) is 42.5 Å². The number of rotatable bonds is 7. The van der Waals surface area contributed by atoms with Gasteiger partial charge in [-0.15, -0.1) is 0 Å². The molecule has 1 rings (SSSR count). The molecule has 19 heavy (non-hydrogen) atoms. The Bertz CT molecular complexity index is 460. The number of ether oxygens (including phenoxy) is 1. The van der Waals surface area contributed by atoms with Crippen LogP contribution in [0.5, 0.6) is 0 Å². The van der Waals surface area contributed by atoms with Gasteiger partial charge in [-0.05, 0) is 25.1 Å². The second-order valence-corrected chi connectivity index (χ2v) is 4.37. The molecule has 0 radical (unpaired) electrons. The van der Waals surface area contributed by atoms with Crippen LogP contribution in [0.1, 0.15) is 12.5 Å². The molecule has 1 N–H and O–H groups in total. The van der Waals surface area contributed by atoms with E-state index in [1.807, 2.05) is 31.0 Å². The molecule has 0 spiro atoms. The fraction of sp³-hybridized carbons (Fsp3) is 0.357. The molecular weight excluding hydrogens is 266 g/mol. The Hall–Kier alpha value is -1.52. The first kappa shape index (κ1) is 15.5. The zero-order valence-corrected chi connectivity index (χ0v) is 11.9. The summed E-state index contributed by atoms with van der Waals surface area (Å²) in [5.74, 6) is -0.997. The molecule has 0 bridgehead atoms. The van der Waals surface area contributed by atoms with Gasteiger partial charge in [0.2, 0.25) is 0 Å². The van der Waals surface area contributed by atoms with Crippen molar-refractivity contribution in [3.63, 3.8) is 0 Å². The minimum atomic E-state index is -0.997. The van der Waals surface area contributed by atoms with Crippen LogP contribution < -0.4 is 4.90 Å². The Balaban J connectivity index is 2.93. The molecule has 0 aromatic heterocycles. The van der Waals surface area contributed by atoms with Crippen LogP contribution in [0.2, 0.25) is 5.02 Å². The number of aliphatic carboxylic acids is 1. The smallest absolute Gasteiger partial charge is 0.328 e. The first-order valence-electron chi connectivity index (χ1n) is 6.04. The van der Waals surface area contributed by atoms with Crippen LogP contribution in [-0.4, -0.2) is 37.9 Å². The first-order valence-corrected chi connectivity index (χ1v) is 6.42. The number of anilines is 1. The van der Waals surface area contributed by atoms with Gasteiger partial charge in [0.15, 0.2) is 0 Å². The van der Waals surface area contributed by atoms with E-state index in [1.165, 1.54) is 6.08 Å². The summed E-state index contributed by atoms with van der Waals surface area (Å²) >= 11 is 6.12. The van der Waals surface area contributed by atoms with Gasteiger partial charge < -0.3 is 14.7 Å². The van der Waals surface area contributed by atoms with Crippen LogP contribution >= 0.6 is 11.6 Å². The minimum absolute atomic E-state index is 0.526. The predicted octanol–water partition coefficient (Wildman–Crippen LogP) is 2.91. The third kappa shape index (κ3) is 4.93. The monoisotopic (exact) mass is 283 g/mol. The molecule has 4 nitrogen and oxygen atoms in total. The number of carbonyl (C=O) groups is 1. The van der Waals surface area contributed by atoms with Crippen molar-refractivity contribution >= 4 is 29.3 Å². The van der Waals surface area contributed by atoms with Crippen molar-refractivity contribution in [2.24, 2.45) is 0 Å². The molecule has 104 valence electrons. The highest BCUT2D eigenvalue weighted by Crippen LogP contribution is 2.28. The van der Waals surface area contributed by atoms with Crippen molar-refractivity contribution < 1.29 is 14.6 Å². The number of carboxylic acid groups (broad SMARTS) is 1. The van der Waals surface area contributed by atoms with E-state index in [9.17, 15) is 4.79 Å². The Morgan fingerprint density at radius 2 is 2.26 bits per heavy atom. The summed E-state index contributed by atoms with van der Waals surface area (Å²) < 4.78 is 5.31. The lowest BCUT2D eigenvalue weighted by Gasteiger charge is -2.22. The van der Waals surface area contributed by atoms with Crippen LogP contribution in [0.4, 0.5) is 5.69 Å². The number of likely N-dealkylation sites (N-methyl/N-ethyl adjacent to an activating group) is 1. The molecule has 0 saturated carbocycles. The Morgan fingerprint density at radius 1 is 1.53 bits per heavy atom. The summed E-state index contributed by atoms with van der Waals surface area (Å²) in [6.45, 7) is 3.94. The van der Waals surface area contributed by atoms with Gasteiger partial charge in [0.05, 0.1) is 6.61 Å². The van der Waals surface area contributed by atoms with Gasteiger partial charge in [-0.1, -0.05) is 17.7 Å². The van der Waals surface area contributed by atoms with E-state index >= 15 is 0 Å². The first-order chi connectivity index (χ1) is 9.06. The molecule has 1 aromatic carbocycles. The topological polar surface area (TPSA) is 49.8 Å². The third-order valence-electron chi connectivity index (χ3n) is 2.61. The SMILES string of the molecule is CCOCCN(C)c1cccc(Cl)c1/C=C/C(=O)O. The molecule has 5 heteroatoms. The number of hydrogen-bond donors (Lipinski definition) is 1. The molecule has 1 aromatic rings. The van der Waals surface area contributed by atoms with E-state index in [2.05, 4.69) is 0 Å². The molecule has 0 amide bonds. The van der Waals surface area contributed by atoms with Crippen LogP contribution in [0.25, 0.3) is 6.08 Å². The third-order valence-corrected chi connectivity index (χ3v) is 2.94. The van der Waals surface area contributed by atoms with Gasteiger partial charge in [0.25, 0.3) is 0 Å². The van der Waals surface area contributed by atoms with Crippen molar-refractivity contribution in [1.82, 2.24) is 0 Å². The van der Waals surface area contributed by atoms with Crippen molar-refractivity contribution in [2.75, 3.05) is 31.7 Å². The molecule has 0 aliphatic rings. The van der Waals surface area contributed by atoms with Gasteiger partial charge >= 0.3 is 5.97 Å². The summed E-state index contributed by atoms with van der Waals surface area (Å²) in [5, 5.41) is 9.23. The predicted molar refractivity (Wildman–Crippen MR) is 77.9 cm³/mol. The number of nitrogens with zero attached hydrogens (tertiary/aromatic N) is 1. The quantitative estimate of drug-likeness (QED) is 0.617. The summed E-state index contributed by atoms with van der Waals surface area (Å²) in [4.78, 5) is 12.6. The molecule has 0 heterocycles. The highest BCUT2D eigenvalue weighted by Gasteiger charge is 2.08. The van der Waals surface area contributed by atoms with Gasteiger partial charge in [0.1, 0.15) is 0 Å². The van der Waals surface area contributed by atoms with E-state index in [0.717, 1.165) is 11.8 Å². The van der Waals surface area contributed by atoms with Crippen LogP contribution in [0.15, 0.2) is 24.3 Å². The highest BCUT2D eigenvalue weighted by molar-refractivity contribution is 6.32. The minimum Gasteiger partial charge on any atom is -0.478 e. The molecular formula is C14H18ClNO3. The largest absolute Gasteiger partial charge is 0.478 e. The molecule has 0 atom stereocenters. The number of benzene rings is 1. The maximum Gasteiger partial charge on any atom is 0.328 e. The van der Waals surface area contributed by atoms with E-state index in [1.54, 1.807) is 6.07 Å². The van der Waals surface area contributed by atoms with E-state index < -0.39 is 5.97 Å². The lowest BCUT2D eigenvalue weighted by atomic mass is 10.1. The lowest BCUT2D eigenvalue weighted by molar-refractivity contribution is -0.131. The highest BCUT2D eigenvalue weighted by atomic mass is 35.5. The van der Waals surface area contributed by atoms with Crippen molar-refractivity contribution in [2.45, 2.75) is 6.92 Å². The second-order valence-electron chi connectivity index (χ2n) is 3.96. The molecule has 0 fully saturated rings. The fourth-order valence-electron chi connectivity index (χ4n) is 1.64. The summed E-state index contributed by atoms with van der Waals surface area (Å²) in [7, 11) is 1.92. The number of carboxylic acids is 1. The Kier molecular flexibility index (Phi) is 6.39. The average molecular weight is 284 g/mol. The average Bonchev–Trinajstić information content (AvgIpc) is 2.37. The van der Waals surface area contributed by atoms with Crippen molar-refractivity contribution in [3.05, 3.63) is 34.9 Å². The van der Waals surface area contributed by atoms with Crippen LogP contribution in [0, 0.1) is 0 Å². The number of halogens is 1. The van der Waals surface area contributed by atoms with Crippen LogP contribution in [0.3, 0.4) is 0 Å². The number of hydrogen-bond acceptors (Lipinski definition) is 3. The van der Waals surface area contributed by atoms with Crippen molar-refractivity contribution in [1.29, 1.82) is 0 Å².